The van der Waals surface area contributed by atoms with Crippen molar-refractivity contribution in [3.05, 3.63) is 59.8 Å². The number of aromatic nitrogens is 2. The number of H-pyrrole nitrogens is 1. The maximum atomic E-state index is 12.6. The lowest BCUT2D eigenvalue weighted by atomic mass is 10.1. The van der Waals surface area contributed by atoms with Crippen LogP contribution in [0.15, 0.2) is 48.5 Å². The minimum atomic E-state index is -0.377. The highest BCUT2D eigenvalue weighted by atomic mass is 16.5. The summed E-state index contributed by atoms with van der Waals surface area (Å²) < 4.78 is 15.8. The van der Waals surface area contributed by atoms with Crippen LogP contribution >= 0.6 is 0 Å². The summed E-state index contributed by atoms with van der Waals surface area (Å²) in [5, 5.41) is 9.73. The molecule has 1 heterocycles. The summed E-state index contributed by atoms with van der Waals surface area (Å²) in [6.07, 6.45) is 1.78. The molecule has 0 spiro atoms. The lowest BCUT2D eigenvalue weighted by molar-refractivity contribution is 0.0499. The summed E-state index contributed by atoms with van der Waals surface area (Å²) in [4.78, 5) is 24.5. The third-order valence-electron chi connectivity index (χ3n) is 4.62. The highest BCUT2D eigenvalue weighted by Gasteiger charge is 2.15. The molecule has 0 unspecified atom stereocenters. The molecule has 0 bridgehead atoms. The Balaban J connectivity index is 1.67. The molecule has 2 aromatic carbocycles. The summed E-state index contributed by atoms with van der Waals surface area (Å²) >= 11 is 0. The molecule has 1 aromatic heterocycles. The number of nitrogens with one attached hydrogen (secondary N) is 2. The Morgan fingerprint density at radius 1 is 1.03 bits per heavy atom. The number of nitrogens with zero attached hydrogens (tertiary/aromatic N) is 1. The average molecular weight is 423 g/mol. The second-order valence-electron chi connectivity index (χ2n) is 6.75. The van der Waals surface area contributed by atoms with Gasteiger partial charge in [-0.25, -0.2) is 4.79 Å². The van der Waals surface area contributed by atoms with E-state index in [-0.39, 0.29) is 17.6 Å². The molecular weight excluding hydrogens is 398 g/mol. The van der Waals surface area contributed by atoms with Crippen molar-refractivity contribution in [2.75, 3.05) is 26.1 Å². The Morgan fingerprint density at radius 2 is 1.81 bits per heavy atom. The molecule has 0 saturated carbocycles. The van der Waals surface area contributed by atoms with Gasteiger partial charge in [0, 0.05) is 17.3 Å². The quantitative estimate of drug-likeness (QED) is 0.393. The van der Waals surface area contributed by atoms with Crippen molar-refractivity contribution in [3.63, 3.8) is 0 Å². The largest absolute Gasteiger partial charge is 0.497 e. The van der Waals surface area contributed by atoms with E-state index in [1.807, 2.05) is 13.0 Å². The van der Waals surface area contributed by atoms with Crippen molar-refractivity contribution in [2.45, 2.75) is 19.8 Å². The number of esters is 1. The fraction of sp³-hybridized carbons (Fsp3) is 0.261. The van der Waals surface area contributed by atoms with Gasteiger partial charge >= 0.3 is 5.97 Å². The molecule has 3 rings (SSSR count). The number of carbonyl (C=O) groups excluding carboxylic acids is 2. The predicted molar refractivity (Wildman–Crippen MR) is 117 cm³/mol. The first-order valence-electron chi connectivity index (χ1n) is 9.92. The van der Waals surface area contributed by atoms with E-state index in [0.717, 1.165) is 18.4 Å². The number of rotatable bonds is 9. The summed E-state index contributed by atoms with van der Waals surface area (Å²) in [6.45, 7) is 2.43. The van der Waals surface area contributed by atoms with Gasteiger partial charge in [-0.05, 0) is 48.9 Å². The summed E-state index contributed by atoms with van der Waals surface area (Å²) in [7, 11) is 3.13. The first-order chi connectivity index (χ1) is 15.0. The molecule has 0 aliphatic heterocycles. The first kappa shape index (κ1) is 21.9. The molecule has 3 aromatic rings. The minimum absolute atomic E-state index is 0.288. The number of carbonyl (C=O) groups is 2. The Hall–Kier alpha value is -3.81. The smallest absolute Gasteiger partial charge is 0.338 e. The van der Waals surface area contributed by atoms with Crippen LogP contribution in [0.5, 0.6) is 11.5 Å². The van der Waals surface area contributed by atoms with E-state index >= 15 is 0 Å². The van der Waals surface area contributed by atoms with E-state index in [1.165, 1.54) is 0 Å². The topological polar surface area (TPSA) is 103 Å². The minimum Gasteiger partial charge on any atom is -0.497 e. The van der Waals surface area contributed by atoms with Crippen LogP contribution in [-0.4, -0.2) is 42.9 Å². The molecule has 0 atom stereocenters. The van der Waals surface area contributed by atoms with Crippen LogP contribution in [-0.2, 0) is 4.74 Å². The van der Waals surface area contributed by atoms with Gasteiger partial charge in [0.25, 0.3) is 5.91 Å². The zero-order valence-corrected chi connectivity index (χ0v) is 17.7. The second-order valence-corrected chi connectivity index (χ2v) is 6.75. The number of amides is 1. The molecule has 2 N–H and O–H groups in total. The first-order valence-corrected chi connectivity index (χ1v) is 9.92. The van der Waals surface area contributed by atoms with Gasteiger partial charge in [-0.1, -0.05) is 13.3 Å². The zero-order chi connectivity index (χ0) is 22.2. The normalized spacial score (nSPS) is 10.4. The number of aromatic amines is 1. The monoisotopic (exact) mass is 423 g/mol. The van der Waals surface area contributed by atoms with Gasteiger partial charge in [-0.15, -0.1) is 0 Å². The highest BCUT2D eigenvalue weighted by molar-refractivity contribution is 6.03. The molecule has 1 amide bonds. The third-order valence-corrected chi connectivity index (χ3v) is 4.62. The molecule has 31 heavy (non-hydrogen) atoms. The van der Waals surface area contributed by atoms with Crippen LogP contribution in [0.25, 0.3) is 11.3 Å². The predicted octanol–water partition coefficient (Wildman–Crippen LogP) is 4.30. The lowest BCUT2D eigenvalue weighted by Crippen LogP contribution is -2.12. The third kappa shape index (κ3) is 5.42. The molecule has 8 heteroatoms. The molecule has 8 nitrogen and oxygen atoms in total. The van der Waals surface area contributed by atoms with Crippen molar-refractivity contribution in [1.29, 1.82) is 0 Å². The van der Waals surface area contributed by atoms with Crippen LogP contribution in [0.3, 0.4) is 0 Å². The maximum absolute atomic E-state index is 12.6. The van der Waals surface area contributed by atoms with Crippen LogP contribution in [0.4, 0.5) is 5.69 Å². The summed E-state index contributed by atoms with van der Waals surface area (Å²) in [6, 6.07) is 13.5. The average Bonchev–Trinajstić information content (AvgIpc) is 3.29. The molecule has 0 aliphatic rings. The Bertz CT molecular complexity index is 1040. The number of anilines is 1. The number of unbranched alkanes of at least 4 members (excludes halogenated alkanes) is 1. The van der Waals surface area contributed by atoms with Gasteiger partial charge in [0.05, 0.1) is 32.1 Å². The Labute approximate surface area is 180 Å². The SMILES string of the molecule is CCCCOC(=O)c1ccc(NC(=O)c2cc(-c3ccc(OC)cc3OC)n[nH]2)cc1. The van der Waals surface area contributed by atoms with Crippen molar-refractivity contribution < 1.29 is 23.8 Å². The van der Waals surface area contributed by atoms with Crippen LogP contribution in [0, 0.1) is 0 Å². The van der Waals surface area contributed by atoms with Gasteiger partial charge in [-0.2, -0.15) is 5.10 Å². The molecule has 0 aliphatic carbocycles. The number of hydrogen-bond donors (Lipinski definition) is 2. The summed E-state index contributed by atoms with van der Waals surface area (Å²) in [5.74, 6) is 0.508. The van der Waals surface area contributed by atoms with Crippen molar-refractivity contribution in [3.8, 4) is 22.8 Å². The van der Waals surface area contributed by atoms with E-state index < -0.39 is 0 Å². The highest BCUT2D eigenvalue weighted by Crippen LogP contribution is 2.32. The zero-order valence-electron chi connectivity index (χ0n) is 17.7. The van der Waals surface area contributed by atoms with E-state index in [2.05, 4.69) is 15.5 Å². The number of benzene rings is 2. The van der Waals surface area contributed by atoms with Gasteiger partial charge in [-0.3, -0.25) is 9.89 Å². The van der Waals surface area contributed by atoms with E-state index in [9.17, 15) is 9.59 Å². The van der Waals surface area contributed by atoms with Gasteiger partial charge in [0.2, 0.25) is 0 Å². The summed E-state index contributed by atoms with van der Waals surface area (Å²) in [5.41, 5.74) is 2.56. The fourth-order valence-corrected chi connectivity index (χ4v) is 2.87. The maximum Gasteiger partial charge on any atom is 0.338 e. The van der Waals surface area contributed by atoms with E-state index in [4.69, 9.17) is 14.2 Å². The van der Waals surface area contributed by atoms with Crippen molar-refractivity contribution in [1.82, 2.24) is 10.2 Å². The molecule has 0 radical (unpaired) electrons. The molecular formula is C23H25N3O5. The molecule has 0 saturated heterocycles. The van der Waals surface area contributed by atoms with Crippen LogP contribution < -0.4 is 14.8 Å². The fourth-order valence-electron chi connectivity index (χ4n) is 2.87. The number of hydrogen-bond acceptors (Lipinski definition) is 6. The van der Waals surface area contributed by atoms with E-state index in [1.54, 1.807) is 56.7 Å². The Morgan fingerprint density at radius 3 is 2.48 bits per heavy atom. The van der Waals surface area contributed by atoms with Gasteiger partial charge < -0.3 is 19.5 Å². The molecule has 162 valence electrons. The lowest BCUT2D eigenvalue weighted by Gasteiger charge is -2.08. The second kappa shape index (κ2) is 10.3. The van der Waals surface area contributed by atoms with Crippen molar-refractivity contribution >= 4 is 17.6 Å². The number of ether oxygens (including phenoxy) is 3. The van der Waals surface area contributed by atoms with Crippen LogP contribution in [0.1, 0.15) is 40.6 Å². The molecule has 0 fully saturated rings. The van der Waals surface area contributed by atoms with Crippen molar-refractivity contribution in [2.24, 2.45) is 0 Å². The number of methoxy groups -OCH3 is 2. The van der Waals surface area contributed by atoms with E-state index in [0.29, 0.717) is 35.1 Å². The van der Waals surface area contributed by atoms with Gasteiger partial charge in [0.15, 0.2) is 0 Å². The Kier molecular flexibility index (Phi) is 7.26. The standard InChI is InChI=1S/C23H25N3O5/c1-4-5-12-31-23(28)15-6-8-16(9-7-15)24-22(27)20-14-19(25-26-20)18-11-10-17(29-2)13-21(18)30-3/h6-11,13-14H,4-5,12H2,1-3H3,(H,24,27)(H,25,26). The van der Waals surface area contributed by atoms with Gasteiger partial charge in [0.1, 0.15) is 17.2 Å². The van der Waals surface area contributed by atoms with Crippen LogP contribution in [0.2, 0.25) is 0 Å².